The number of alkyl halides is 3. The number of hydrogen-bond donors (Lipinski definition) is 2. The largest absolute Gasteiger partial charge is 0.463 e. The zero-order valence-corrected chi connectivity index (χ0v) is 13.5. The molecule has 0 aliphatic heterocycles. The molecular weight excluding hydrogens is 374 g/mol. The lowest BCUT2D eigenvalue weighted by Crippen LogP contribution is -2.69. The topological polar surface area (TPSA) is 76.7 Å². The van der Waals surface area contributed by atoms with Crippen LogP contribution in [-0.4, -0.2) is 37.1 Å². The third-order valence-corrected chi connectivity index (χ3v) is 2.93. The number of alkyl carbamates (subject to hydrolysis) is 1. The standard InChI is InChI=1S/C14H14F6N2O4/c1-3-25-11(23)13(14(18,19)20,22-12(24)26-4-2)21-8-6-5-7(15)9(16)10(8)17/h5-6,21H,3-4H2,1-2H3,(H,22,24)/t13-/m1/s1. The van der Waals surface area contributed by atoms with E-state index in [-0.39, 0.29) is 6.61 Å². The maximum Gasteiger partial charge on any atom is 0.442 e. The zero-order chi connectivity index (χ0) is 20.1. The van der Waals surface area contributed by atoms with Crippen LogP contribution < -0.4 is 10.6 Å². The molecule has 0 heterocycles. The fraction of sp³-hybridized carbons (Fsp3) is 0.429. The summed E-state index contributed by atoms with van der Waals surface area (Å²) in [4.78, 5) is 23.5. The summed E-state index contributed by atoms with van der Waals surface area (Å²) in [7, 11) is 0. The SMILES string of the molecule is CCOC(=O)N[C@](Nc1ccc(F)c(F)c1F)(C(=O)OCC)C(F)(F)F. The van der Waals surface area contributed by atoms with E-state index in [9.17, 15) is 35.9 Å². The van der Waals surface area contributed by atoms with E-state index in [0.717, 1.165) is 0 Å². The van der Waals surface area contributed by atoms with Crippen molar-refractivity contribution in [2.24, 2.45) is 0 Å². The molecule has 12 heteroatoms. The summed E-state index contributed by atoms with van der Waals surface area (Å²) in [6.07, 6.45) is -7.27. The van der Waals surface area contributed by atoms with Gasteiger partial charge in [0.15, 0.2) is 17.5 Å². The van der Waals surface area contributed by atoms with Crippen LogP contribution in [0.1, 0.15) is 13.8 Å². The van der Waals surface area contributed by atoms with Gasteiger partial charge in [-0.1, -0.05) is 0 Å². The lowest BCUT2D eigenvalue weighted by molar-refractivity contribution is -0.205. The van der Waals surface area contributed by atoms with Crippen LogP contribution in [-0.2, 0) is 14.3 Å². The summed E-state index contributed by atoms with van der Waals surface area (Å²) in [5.41, 5.74) is -5.26. The number of rotatable bonds is 6. The third kappa shape index (κ3) is 4.29. The molecule has 0 saturated carbocycles. The molecule has 1 aromatic carbocycles. The Balaban J connectivity index is 3.49. The fourth-order valence-corrected chi connectivity index (χ4v) is 1.77. The Labute approximate surface area is 143 Å². The maximum absolute atomic E-state index is 13.8. The second-order valence-corrected chi connectivity index (χ2v) is 4.66. The zero-order valence-electron chi connectivity index (χ0n) is 13.5. The Kier molecular flexibility index (Phi) is 6.70. The summed E-state index contributed by atoms with van der Waals surface area (Å²) < 4.78 is 89.5. The van der Waals surface area contributed by atoms with Gasteiger partial charge in [0.2, 0.25) is 0 Å². The first-order valence-corrected chi connectivity index (χ1v) is 7.10. The lowest BCUT2D eigenvalue weighted by atomic mass is 10.1. The van der Waals surface area contributed by atoms with Crippen molar-refractivity contribution in [1.29, 1.82) is 0 Å². The van der Waals surface area contributed by atoms with E-state index in [0.29, 0.717) is 12.1 Å². The average Bonchev–Trinajstić information content (AvgIpc) is 2.53. The van der Waals surface area contributed by atoms with Crippen LogP contribution in [0.4, 0.5) is 36.8 Å². The molecule has 0 aromatic heterocycles. The van der Waals surface area contributed by atoms with Crippen molar-refractivity contribution in [1.82, 2.24) is 5.32 Å². The van der Waals surface area contributed by atoms with E-state index < -0.39 is 53.6 Å². The van der Waals surface area contributed by atoms with Gasteiger partial charge in [-0.2, -0.15) is 13.2 Å². The second-order valence-electron chi connectivity index (χ2n) is 4.66. The Morgan fingerprint density at radius 2 is 1.58 bits per heavy atom. The van der Waals surface area contributed by atoms with E-state index in [1.165, 1.54) is 24.5 Å². The van der Waals surface area contributed by atoms with Crippen LogP contribution in [0.15, 0.2) is 12.1 Å². The maximum atomic E-state index is 13.8. The molecule has 1 aromatic rings. The highest BCUT2D eigenvalue weighted by Gasteiger charge is 2.64. The van der Waals surface area contributed by atoms with Crippen LogP contribution in [0.2, 0.25) is 0 Å². The molecule has 6 nitrogen and oxygen atoms in total. The summed E-state index contributed by atoms with van der Waals surface area (Å²) >= 11 is 0. The molecule has 0 spiro atoms. The first kappa shape index (κ1) is 21.4. The summed E-state index contributed by atoms with van der Waals surface area (Å²) in [5.74, 6) is -7.84. The summed E-state index contributed by atoms with van der Waals surface area (Å²) in [6.45, 7) is 1.59. The van der Waals surface area contributed by atoms with E-state index in [1.807, 2.05) is 0 Å². The van der Waals surface area contributed by atoms with Crippen molar-refractivity contribution >= 4 is 17.7 Å². The van der Waals surface area contributed by atoms with Gasteiger partial charge in [0.05, 0.1) is 18.9 Å². The molecule has 0 saturated heterocycles. The van der Waals surface area contributed by atoms with Crippen LogP contribution in [0.5, 0.6) is 0 Å². The summed E-state index contributed by atoms with van der Waals surface area (Å²) in [5, 5.41) is 2.56. The molecule has 0 aliphatic carbocycles. The molecule has 0 bridgehead atoms. The van der Waals surface area contributed by atoms with E-state index in [1.54, 1.807) is 0 Å². The number of halogens is 6. The lowest BCUT2D eigenvalue weighted by Gasteiger charge is -2.34. The van der Waals surface area contributed by atoms with Crippen LogP contribution in [0.25, 0.3) is 0 Å². The van der Waals surface area contributed by atoms with Crippen LogP contribution in [0.3, 0.4) is 0 Å². The molecule has 146 valence electrons. The minimum atomic E-state index is -5.58. The predicted octanol–water partition coefficient (Wildman–Crippen LogP) is 3.08. The number of esters is 1. The van der Waals surface area contributed by atoms with E-state index in [4.69, 9.17) is 0 Å². The van der Waals surface area contributed by atoms with E-state index >= 15 is 0 Å². The Hall–Kier alpha value is -2.66. The van der Waals surface area contributed by atoms with Gasteiger partial charge in [0, 0.05) is 0 Å². The van der Waals surface area contributed by atoms with Crippen molar-refractivity contribution in [3.05, 3.63) is 29.6 Å². The first-order chi connectivity index (χ1) is 12.0. The van der Waals surface area contributed by atoms with Gasteiger partial charge < -0.3 is 14.8 Å². The normalized spacial score (nSPS) is 13.5. The highest BCUT2D eigenvalue weighted by Crippen LogP contribution is 2.34. The van der Waals surface area contributed by atoms with Gasteiger partial charge in [-0.05, 0) is 26.0 Å². The molecule has 26 heavy (non-hydrogen) atoms. The minimum absolute atomic E-state index is 0.331. The van der Waals surface area contributed by atoms with E-state index in [2.05, 4.69) is 9.47 Å². The minimum Gasteiger partial charge on any atom is -0.463 e. The van der Waals surface area contributed by atoms with Crippen LogP contribution >= 0.6 is 0 Å². The monoisotopic (exact) mass is 388 g/mol. The molecular formula is C14H14F6N2O4. The van der Waals surface area contributed by atoms with Crippen molar-refractivity contribution in [2.45, 2.75) is 25.7 Å². The van der Waals surface area contributed by atoms with Crippen molar-refractivity contribution < 1.29 is 45.4 Å². The molecule has 1 rings (SSSR count). The number of nitrogens with one attached hydrogen (secondary N) is 2. The summed E-state index contributed by atoms with van der Waals surface area (Å²) in [6, 6.07) is 0.748. The molecule has 0 unspecified atom stereocenters. The van der Waals surface area contributed by atoms with Crippen molar-refractivity contribution in [2.75, 3.05) is 18.5 Å². The molecule has 1 atom stereocenters. The quantitative estimate of drug-likeness (QED) is 0.339. The van der Waals surface area contributed by atoms with Gasteiger partial charge in [-0.15, -0.1) is 0 Å². The predicted molar refractivity (Wildman–Crippen MR) is 75.5 cm³/mol. The smallest absolute Gasteiger partial charge is 0.442 e. The molecule has 0 fully saturated rings. The Morgan fingerprint density at radius 1 is 1.00 bits per heavy atom. The highest BCUT2D eigenvalue weighted by atomic mass is 19.4. The fourth-order valence-electron chi connectivity index (χ4n) is 1.77. The Bertz CT molecular complexity index is 682. The number of ether oxygens (including phenoxy) is 2. The number of hydrogen-bond acceptors (Lipinski definition) is 5. The molecule has 0 radical (unpaired) electrons. The Morgan fingerprint density at radius 3 is 2.08 bits per heavy atom. The number of amides is 1. The third-order valence-electron chi connectivity index (χ3n) is 2.93. The van der Waals surface area contributed by atoms with Crippen LogP contribution in [0, 0.1) is 17.5 Å². The van der Waals surface area contributed by atoms with Gasteiger partial charge in [-0.3, -0.25) is 5.32 Å². The number of benzene rings is 1. The second kappa shape index (κ2) is 8.15. The van der Waals surface area contributed by atoms with Gasteiger partial charge in [-0.25, -0.2) is 22.8 Å². The molecule has 0 aliphatic rings. The van der Waals surface area contributed by atoms with Crippen molar-refractivity contribution in [3.8, 4) is 0 Å². The number of carbonyl (C=O) groups is 2. The number of carbonyl (C=O) groups excluding carboxylic acids is 2. The highest BCUT2D eigenvalue weighted by molar-refractivity contribution is 5.89. The average molecular weight is 388 g/mol. The first-order valence-electron chi connectivity index (χ1n) is 7.10. The van der Waals surface area contributed by atoms with Gasteiger partial charge >= 0.3 is 23.9 Å². The molecule has 1 amide bonds. The molecule has 2 N–H and O–H groups in total. The number of anilines is 1. The van der Waals surface area contributed by atoms with Crippen molar-refractivity contribution in [3.63, 3.8) is 0 Å². The van der Waals surface area contributed by atoms with Gasteiger partial charge in [0.1, 0.15) is 0 Å². The van der Waals surface area contributed by atoms with Gasteiger partial charge in [0.25, 0.3) is 0 Å².